The van der Waals surface area contributed by atoms with Crippen molar-refractivity contribution in [1.29, 1.82) is 0 Å². The molecule has 3 rings (SSSR count). The number of methoxy groups -OCH3 is 1. The second-order valence-electron chi connectivity index (χ2n) is 8.03. The number of amides is 1. The van der Waals surface area contributed by atoms with Crippen molar-refractivity contribution in [2.45, 2.75) is 50.4 Å². The third kappa shape index (κ3) is 5.63. The molecule has 10 nitrogen and oxygen atoms in total. The van der Waals surface area contributed by atoms with E-state index in [1.165, 1.54) is 25.3 Å². The van der Waals surface area contributed by atoms with Gasteiger partial charge in [-0.25, -0.2) is 4.79 Å². The maximum atomic E-state index is 12.8. The molecule has 1 heterocycles. The van der Waals surface area contributed by atoms with Crippen LogP contribution in [0.4, 0.5) is 0 Å². The summed E-state index contributed by atoms with van der Waals surface area (Å²) >= 11 is 6.20. The fraction of sp³-hybridized carbons (Fsp3) is 0.524. The van der Waals surface area contributed by atoms with Crippen molar-refractivity contribution in [3.63, 3.8) is 0 Å². The number of carbonyl (C=O) groups is 1. The van der Waals surface area contributed by atoms with Gasteiger partial charge in [-0.15, -0.1) is 0 Å². The Kier molecular flexibility index (Phi) is 7.83. The van der Waals surface area contributed by atoms with Crippen LogP contribution in [-0.2, 0) is 11.3 Å². The largest absolute Gasteiger partial charge is 0.389 e. The van der Waals surface area contributed by atoms with Crippen molar-refractivity contribution in [3.8, 4) is 5.69 Å². The molecule has 1 aliphatic carbocycles. The lowest BCUT2D eigenvalue weighted by atomic mass is 9.85. The molecular formula is C21H27ClN4O6. The molecule has 0 spiro atoms. The number of carbonyl (C=O) groups excluding carboxylic acids is 1. The molecule has 1 fully saturated rings. The number of nitrogens with one attached hydrogen (secondary N) is 1. The van der Waals surface area contributed by atoms with Crippen molar-refractivity contribution < 1.29 is 19.7 Å². The summed E-state index contributed by atoms with van der Waals surface area (Å²) in [6.45, 7) is -0.216. The van der Waals surface area contributed by atoms with E-state index in [2.05, 4.69) is 10.4 Å². The molecule has 1 aromatic carbocycles. The molecule has 0 aliphatic heterocycles. The van der Waals surface area contributed by atoms with E-state index in [0.29, 0.717) is 12.8 Å². The van der Waals surface area contributed by atoms with Crippen LogP contribution in [0.2, 0.25) is 5.02 Å². The Hall–Kier alpha value is -2.53. The first-order valence-corrected chi connectivity index (χ1v) is 10.8. The van der Waals surface area contributed by atoms with Crippen LogP contribution in [0.25, 0.3) is 5.69 Å². The lowest BCUT2D eigenvalue weighted by molar-refractivity contribution is 0.00525. The highest BCUT2D eigenvalue weighted by molar-refractivity contribution is 6.33. The van der Waals surface area contributed by atoms with Crippen molar-refractivity contribution >= 4 is 17.5 Å². The van der Waals surface area contributed by atoms with Gasteiger partial charge in [0, 0.05) is 13.7 Å². The Labute approximate surface area is 189 Å². The molecule has 1 aliphatic rings. The Balaban J connectivity index is 1.86. The van der Waals surface area contributed by atoms with Crippen molar-refractivity contribution in [2.75, 3.05) is 20.3 Å². The number of ether oxygens (including phenoxy) is 1. The van der Waals surface area contributed by atoms with Gasteiger partial charge in [-0.2, -0.15) is 9.78 Å². The third-order valence-corrected chi connectivity index (χ3v) is 5.85. The molecule has 174 valence electrons. The quantitative estimate of drug-likeness (QED) is 0.514. The van der Waals surface area contributed by atoms with Crippen LogP contribution in [0, 0.1) is 0 Å². The maximum Gasteiger partial charge on any atom is 0.352 e. The SMILES string of the molecule is COCC(O)Cn1c(=O)cnn(-c2ccc(Cl)c(C(=O)NCC3(O)CCCCC3)c2)c1=O. The summed E-state index contributed by atoms with van der Waals surface area (Å²) in [7, 11) is 1.39. The fourth-order valence-corrected chi connectivity index (χ4v) is 3.98. The molecule has 1 saturated carbocycles. The van der Waals surface area contributed by atoms with Gasteiger partial charge in [0.15, 0.2) is 0 Å². The second-order valence-corrected chi connectivity index (χ2v) is 8.44. The first kappa shape index (κ1) is 24.1. The number of aliphatic hydroxyl groups excluding tert-OH is 1. The number of hydrogen-bond donors (Lipinski definition) is 3. The van der Waals surface area contributed by atoms with Crippen LogP contribution < -0.4 is 16.6 Å². The van der Waals surface area contributed by atoms with Crippen LogP contribution in [0.15, 0.2) is 34.0 Å². The number of hydrogen-bond acceptors (Lipinski definition) is 7. The van der Waals surface area contributed by atoms with Crippen molar-refractivity contribution in [3.05, 3.63) is 55.8 Å². The van der Waals surface area contributed by atoms with Crippen LogP contribution in [0.3, 0.4) is 0 Å². The Morgan fingerprint density at radius 2 is 2.03 bits per heavy atom. The van der Waals surface area contributed by atoms with E-state index in [9.17, 15) is 24.6 Å². The first-order chi connectivity index (χ1) is 15.2. The molecule has 11 heteroatoms. The Bertz CT molecular complexity index is 1080. The zero-order valence-electron chi connectivity index (χ0n) is 17.8. The van der Waals surface area contributed by atoms with Gasteiger partial charge in [0.25, 0.3) is 11.5 Å². The lowest BCUT2D eigenvalue weighted by Gasteiger charge is -2.32. The van der Waals surface area contributed by atoms with Gasteiger partial charge in [-0.3, -0.25) is 14.2 Å². The maximum absolute atomic E-state index is 12.8. The van der Waals surface area contributed by atoms with E-state index in [1.807, 2.05) is 0 Å². The zero-order chi connectivity index (χ0) is 23.3. The molecular weight excluding hydrogens is 440 g/mol. The monoisotopic (exact) mass is 466 g/mol. The first-order valence-electron chi connectivity index (χ1n) is 10.4. The summed E-state index contributed by atoms with van der Waals surface area (Å²) in [5.41, 5.74) is -2.06. The van der Waals surface area contributed by atoms with E-state index in [-0.39, 0.29) is 36.0 Å². The van der Waals surface area contributed by atoms with Gasteiger partial charge >= 0.3 is 5.69 Å². The van der Waals surface area contributed by atoms with E-state index >= 15 is 0 Å². The third-order valence-electron chi connectivity index (χ3n) is 5.52. The molecule has 32 heavy (non-hydrogen) atoms. The zero-order valence-corrected chi connectivity index (χ0v) is 18.5. The number of benzene rings is 1. The summed E-state index contributed by atoms with van der Waals surface area (Å²) in [6, 6.07) is 4.32. The molecule has 1 atom stereocenters. The standard InChI is InChI=1S/C21H27ClN4O6/c1-32-12-15(27)11-25-18(28)10-24-26(20(25)30)14-5-6-17(22)16(9-14)19(29)23-13-21(31)7-3-2-4-8-21/h5-6,9-10,15,27,31H,2-4,7-8,11-13H2,1H3,(H,23,29). The van der Waals surface area contributed by atoms with E-state index in [0.717, 1.165) is 34.7 Å². The van der Waals surface area contributed by atoms with E-state index < -0.39 is 28.9 Å². The minimum Gasteiger partial charge on any atom is -0.389 e. The van der Waals surface area contributed by atoms with Crippen molar-refractivity contribution in [1.82, 2.24) is 19.7 Å². The van der Waals surface area contributed by atoms with Crippen LogP contribution in [-0.4, -0.2) is 62.4 Å². The summed E-state index contributed by atoms with van der Waals surface area (Å²) in [4.78, 5) is 37.6. The molecule has 1 unspecified atom stereocenters. The molecule has 2 aromatic rings. The smallest absolute Gasteiger partial charge is 0.352 e. The number of nitrogens with zero attached hydrogens (tertiary/aromatic N) is 3. The topological polar surface area (TPSA) is 136 Å². The fourth-order valence-electron chi connectivity index (χ4n) is 3.78. The summed E-state index contributed by atoms with van der Waals surface area (Å²) in [5.74, 6) is -0.493. The van der Waals surface area contributed by atoms with Crippen molar-refractivity contribution in [2.24, 2.45) is 0 Å². The number of aliphatic hydroxyl groups is 2. The van der Waals surface area contributed by atoms with Gasteiger partial charge in [-0.1, -0.05) is 30.9 Å². The Morgan fingerprint density at radius 1 is 1.31 bits per heavy atom. The molecule has 0 bridgehead atoms. The number of rotatable bonds is 8. The van der Waals surface area contributed by atoms with Crippen LogP contribution in [0.1, 0.15) is 42.5 Å². The second kappa shape index (κ2) is 10.4. The number of aromatic nitrogens is 3. The van der Waals surface area contributed by atoms with E-state index in [4.69, 9.17) is 16.3 Å². The summed E-state index contributed by atoms with van der Waals surface area (Å²) in [5, 5.41) is 27.3. The van der Waals surface area contributed by atoms with Gasteiger partial charge < -0.3 is 20.3 Å². The highest BCUT2D eigenvalue weighted by Gasteiger charge is 2.30. The van der Waals surface area contributed by atoms with Gasteiger partial charge in [0.05, 0.1) is 41.1 Å². The Morgan fingerprint density at radius 3 is 2.72 bits per heavy atom. The predicted octanol–water partition coefficient (Wildman–Crippen LogP) is 0.480. The average molecular weight is 467 g/mol. The molecule has 3 N–H and O–H groups in total. The normalized spacial score (nSPS) is 16.5. The minimum atomic E-state index is -1.06. The van der Waals surface area contributed by atoms with Gasteiger partial charge in [-0.05, 0) is 31.0 Å². The summed E-state index contributed by atoms with van der Waals surface area (Å²) in [6.07, 6.45) is 4.02. The molecule has 1 aromatic heterocycles. The minimum absolute atomic E-state index is 0.0498. The van der Waals surface area contributed by atoms with E-state index in [1.54, 1.807) is 0 Å². The van der Waals surface area contributed by atoms with Gasteiger partial charge in [0.1, 0.15) is 6.20 Å². The summed E-state index contributed by atoms with van der Waals surface area (Å²) < 4.78 is 6.62. The molecule has 0 saturated heterocycles. The highest BCUT2D eigenvalue weighted by atomic mass is 35.5. The average Bonchev–Trinajstić information content (AvgIpc) is 2.76. The van der Waals surface area contributed by atoms with Crippen LogP contribution >= 0.6 is 11.6 Å². The molecule has 0 radical (unpaired) electrons. The lowest BCUT2D eigenvalue weighted by Crippen LogP contribution is -2.44. The predicted molar refractivity (Wildman–Crippen MR) is 117 cm³/mol. The van der Waals surface area contributed by atoms with Crippen LogP contribution in [0.5, 0.6) is 0 Å². The van der Waals surface area contributed by atoms with Gasteiger partial charge in [0.2, 0.25) is 0 Å². The highest BCUT2D eigenvalue weighted by Crippen LogP contribution is 2.27. The molecule has 1 amide bonds. The number of halogens is 1.